The monoisotopic (exact) mass is 232 g/mol. The molecule has 0 aliphatic heterocycles. The van der Waals surface area contributed by atoms with E-state index < -0.39 is 21.4 Å². The highest BCUT2D eigenvalue weighted by Crippen LogP contribution is 2.15. The molecule has 1 rings (SSSR count). The number of Topliss-reactive ketones (excluding diaryl/α,β-unsaturated/α-hetero) is 1. The summed E-state index contributed by atoms with van der Waals surface area (Å²) in [4.78, 5) is 11.4. The summed E-state index contributed by atoms with van der Waals surface area (Å²) in [6, 6.07) is 6.38. The molecule has 0 atom stereocenters. The van der Waals surface area contributed by atoms with Crippen LogP contribution in [0.15, 0.2) is 24.3 Å². The lowest BCUT2D eigenvalue weighted by Gasteiger charge is -2.01. The van der Waals surface area contributed by atoms with Crippen molar-refractivity contribution in [1.29, 1.82) is 0 Å². The molecular formula is C9H9ClO3S. The number of ketones is 1. The summed E-state index contributed by atoms with van der Waals surface area (Å²) in [6.45, 7) is 0. The first kappa shape index (κ1) is 11.2. The van der Waals surface area contributed by atoms with Gasteiger partial charge in [0.15, 0.2) is 15.6 Å². The van der Waals surface area contributed by atoms with E-state index in [2.05, 4.69) is 0 Å². The summed E-state index contributed by atoms with van der Waals surface area (Å²) in [6.07, 6.45) is 1.02. The van der Waals surface area contributed by atoms with Gasteiger partial charge in [0.05, 0.1) is 5.02 Å². The van der Waals surface area contributed by atoms with Gasteiger partial charge in [0.2, 0.25) is 0 Å². The minimum Gasteiger partial charge on any atom is -0.293 e. The molecule has 76 valence electrons. The van der Waals surface area contributed by atoms with Crippen LogP contribution in [0.3, 0.4) is 0 Å². The van der Waals surface area contributed by atoms with Crippen LogP contribution in [0.1, 0.15) is 10.4 Å². The summed E-state index contributed by atoms with van der Waals surface area (Å²) in [7, 11) is -3.30. The average Bonchev–Trinajstić information content (AvgIpc) is 2.01. The van der Waals surface area contributed by atoms with Gasteiger partial charge in [-0.1, -0.05) is 23.7 Å². The fourth-order valence-corrected chi connectivity index (χ4v) is 1.88. The van der Waals surface area contributed by atoms with E-state index in [0.717, 1.165) is 6.26 Å². The number of carbonyl (C=O) groups excluding carboxylic acids is 1. The Balaban J connectivity index is 2.97. The number of benzene rings is 1. The first-order valence-corrected chi connectivity index (χ1v) is 6.29. The number of sulfone groups is 1. The maximum Gasteiger partial charge on any atom is 0.179 e. The van der Waals surface area contributed by atoms with E-state index in [0.29, 0.717) is 0 Å². The second-order valence-electron chi connectivity index (χ2n) is 2.97. The van der Waals surface area contributed by atoms with Crippen LogP contribution in [0.5, 0.6) is 0 Å². The van der Waals surface area contributed by atoms with E-state index in [4.69, 9.17) is 11.6 Å². The summed E-state index contributed by atoms with van der Waals surface area (Å²) in [5, 5.41) is 0.279. The van der Waals surface area contributed by atoms with Gasteiger partial charge in [0.1, 0.15) is 5.75 Å². The Morgan fingerprint density at radius 1 is 1.36 bits per heavy atom. The minimum atomic E-state index is -3.30. The third-order valence-corrected chi connectivity index (χ3v) is 2.68. The summed E-state index contributed by atoms with van der Waals surface area (Å²) in [5.41, 5.74) is 0.250. The lowest BCUT2D eigenvalue weighted by Crippen LogP contribution is -2.14. The molecule has 0 saturated heterocycles. The molecule has 0 amide bonds. The first-order chi connectivity index (χ1) is 6.40. The Morgan fingerprint density at radius 3 is 2.43 bits per heavy atom. The predicted octanol–water partition coefficient (Wildman–Crippen LogP) is 1.57. The standard InChI is InChI=1S/C9H9ClO3S/c1-14(12,13)6-9(11)7-4-2-3-5-8(7)10/h2-5H,6H2,1H3. The highest BCUT2D eigenvalue weighted by molar-refractivity contribution is 7.91. The van der Waals surface area contributed by atoms with Crippen molar-refractivity contribution in [3.05, 3.63) is 34.9 Å². The van der Waals surface area contributed by atoms with Crippen LogP contribution in [0.25, 0.3) is 0 Å². The summed E-state index contributed by atoms with van der Waals surface area (Å²) >= 11 is 5.73. The zero-order valence-corrected chi connectivity index (χ0v) is 9.10. The second-order valence-corrected chi connectivity index (χ2v) is 5.52. The van der Waals surface area contributed by atoms with Crippen molar-refractivity contribution in [3.63, 3.8) is 0 Å². The Labute approximate surface area is 87.6 Å². The van der Waals surface area contributed by atoms with Gasteiger partial charge in [-0.15, -0.1) is 0 Å². The molecule has 1 aromatic carbocycles. The van der Waals surface area contributed by atoms with Crippen molar-refractivity contribution in [3.8, 4) is 0 Å². The zero-order valence-electron chi connectivity index (χ0n) is 7.53. The van der Waals surface area contributed by atoms with Gasteiger partial charge in [0, 0.05) is 11.8 Å². The fraction of sp³-hybridized carbons (Fsp3) is 0.222. The SMILES string of the molecule is CS(=O)(=O)CC(=O)c1ccccc1Cl. The van der Waals surface area contributed by atoms with Crippen molar-refractivity contribution in [1.82, 2.24) is 0 Å². The molecule has 0 spiro atoms. The number of hydrogen-bond acceptors (Lipinski definition) is 3. The van der Waals surface area contributed by atoms with Crippen molar-refractivity contribution >= 4 is 27.2 Å². The largest absolute Gasteiger partial charge is 0.293 e. The first-order valence-electron chi connectivity index (χ1n) is 3.85. The minimum absolute atomic E-state index is 0.250. The molecule has 1 aromatic rings. The molecule has 0 unspecified atom stereocenters. The van der Waals surface area contributed by atoms with Crippen LogP contribution >= 0.6 is 11.6 Å². The van der Waals surface area contributed by atoms with Crippen molar-refractivity contribution in [2.75, 3.05) is 12.0 Å². The van der Waals surface area contributed by atoms with Gasteiger partial charge in [-0.3, -0.25) is 4.79 Å². The van der Waals surface area contributed by atoms with Crippen molar-refractivity contribution in [2.24, 2.45) is 0 Å². The summed E-state index contributed by atoms with van der Waals surface area (Å²) in [5.74, 6) is -0.977. The average molecular weight is 233 g/mol. The Bertz CT molecular complexity index is 451. The Hall–Kier alpha value is -0.870. The normalized spacial score (nSPS) is 11.3. The molecular weight excluding hydrogens is 224 g/mol. The smallest absolute Gasteiger partial charge is 0.179 e. The van der Waals surface area contributed by atoms with Crippen LogP contribution in [0, 0.1) is 0 Å². The van der Waals surface area contributed by atoms with E-state index in [-0.39, 0.29) is 10.6 Å². The van der Waals surface area contributed by atoms with Gasteiger partial charge in [-0.05, 0) is 12.1 Å². The second kappa shape index (κ2) is 4.11. The van der Waals surface area contributed by atoms with E-state index >= 15 is 0 Å². The molecule has 0 saturated carbocycles. The third kappa shape index (κ3) is 3.12. The van der Waals surface area contributed by atoms with Crippen LogP contribution in [-0.2, 0) is 9.84 Å². The number of carbonyl (C=O) groups is 1. The van der Waals surface area contributed by atoms with Crippen molar-refractivity contribution < 1.29 is 13.2 Å². The van der Waals surface area contributed by atoms with E-state index in [9.17, 15) is 13.2 Å². The highest BCUT2D eigenvalue weighted by atomic mass is 35.5. The third-order valence-electron chi connectivity index (χ3n) is 1.57. The van der Waals surface area contributed by atoms with Crippen LogP contribution in [0.4, 0.5) is 0 Å². The lowest BCUT2D eigenvalue weighted by molar-refractivity contribution is 0.102. The number of halogens is 1. The van der Waals surface area contributed by atoms with Crippen molar-refractivity contribution in [2.45, 2.75) is 0 Å². The molecule has 0 bridgehead atoms. The number of hydrogen-bond donors (Lipinski definition) is 0. The Morgan fingerprint density at radius 2 is 1.93 bits per heavy atom. The topological polar surface area (TPSA) is 51.2 Å². The maximum absolute atomic E-state index is 11.4. The van der Waals surface area contributed by atoms with Gasteiger partial charge in [-0.25, -0.2) is 8.42 Å². The van der Waals surface area contributed by atoms with Crippen LogP contribution in [0.2, 0.25) is 5.02 Å². The molecule has 0 aliphatic rings. The predicted molar refractivity (Wildman–Crippen MR) is 55.5 cm³/mol. The molecule has 14 heavy (non-hydrogen) atoms. The molecule has 0 aromatic heterocycles. The van der Waals surface area contributed by atoms with E-state index in [1.54, 1.807) is 18.2 Å². The molecule has 0 heterocycles. The van der Waals surface area contributed by atoms with E-state index in [1.165, 1.54) is 6.07 Å². The molecule has 0 radical (unpaired) electrons. The van der Waals surface area contributed by atoms with Gasteiger partial charge < -0.3 is 0 Å². The van der Waals surface area contributed by atoms with Crippen LogP contribution < -0.4 is 0 Å². The molecule has 0 aliphatic carbocycles. The molecule has 5 heteroatoms. The van der Waals surface area contributed by atoms with Gasteiger partial charge in [0.25, 0.3) is 0 Å². The quantitative estimate of drug-likeness (QED) is 0.744. The number of rotatable bonds is 3. The maximum atomic E-state index is 11.4. The Kier molecular flexibility index (Phi) is 3.29. The van der Waals surface area contributed by atoms with Crippen LogP contribution in [-0.4, -0.2) is 26.2 Å². The van der Waals surface area contributed by atoms with Gasteiger partial charge >= 0.3 is 0 Å². The molecule has 3 nitrogen and oxygen atoms in total. The van der Waals surface area contributed by atoms with E-state index in [1.807, 2.05) is 0 Å². The molecule has 0 N–H and O–H groups in total. The lowest BCUT2D eigenvalue weighted by atomic mass is 10.1. The highest BCUT2D eigenvalue weighted by Gasteiger charge is 2.15. The molecule has 0 fully saturated rings. The van der Waals surface area contributed by atoms with Gasteiger partial charge in [-0.2, -0.15) is 0 Å². The zero-order chi connectivity index (χ0) is 10.8. The summed E-state index contributed by atoms with van der Waals surface area (Å²) < 4.78 is 21.7. The fourth-order valence-electron chi connectivity index (χ4n) is 1.00.